The Morgan fingerprint density at radius 1 is 1.09 bits per heavy atom. The summed E-state index contributed by atoms with van der Waals surface area (Å²) in [7, 11) is 1.52. The number of aryl methyl sites for hydroxylation is 1. The Balaban J connectivity index is 1.55. The molecule has 0 aliphatic rings. The van der Waals surface area contributed by atoms with Crippen LogP contribution in [-0.4, -0.2) is 31.3 Å². The number of aliphatic hydroxyl groups excluding tert-OH is 1. The molecule has 168 valence electrons. The SMILES string of the molecule is COc1cc(CNC[C@@H](O)c2ccccc2)cc(Cl)c1OCC(=O)Nc1ccc(C)cc1. The molecule has 6 nitrogen and oxygen atoms in total. The zero-order chi connectivity index (χ0) is 22.9. The van der Waals surface area contributed by atoms with E-state index in [0.717, 1.165) is 16.7 Å². The van der Waals surface area contributed by atoms with Gasteiger partial charge in [0.05, 0.1) is 18.2 Å². The number of benzene rings is 3. The Kier molecular flexibility index (Phi) is 8.50. The van der Waals surface area contributed by atoms with Gasteiger partial charge in [-0.1, -0.05) is 59.6 Å². The lowest BCUT2D eigenvalue weighted by Gasteiger charge is -2.16. The fourth-order valence-corrected chi connectivity index (χ4v) is 3.42. The van der Waals surface area contributed by atoms with Gasteiger partial charge in [0.15, 0.2) is 18.1 Å². The minimum absolute atomic E-state index is 0.204. The number of carbonyl (C=O) groups is 1. The van der Waals surface area contributed by atoms with Crippen LogP contribution in [0, 0.1) is 6.92 Å². The summed E-state index contributed by atoms with van der Waals surface area (Å²) in [4.78, 5) is 12.2. The molecule has 0 bridgehead atoms. The Hall–Kier alpha value is -3.06. The molecular weight excluding hydrogens is 428 g/mol. The van der Waals surface area contributed by atoms with E-state index in [2.05, 4.69) is 10.6 Å². The number of halogens is 1. The van der Waals surface area contributed by atoms with Gasteiger partial charge in [-0.3, -0.25) is 4.79 Å². The smallest absolute Gasteiger partial charge is 0.262 e. The van der Waals surface area contributed by atoms with E-state index in [0.29, 0.717) is 35.3 Å². The maximum absolute atomic E-state index is 12.2. The molecule has 0 aliphatic carbocycles. The van der Waals surface area contributed by atoms with E-state index in [4.69, 9.17) is 21.1 Å². The third kappa shape index (κ3) is 6.72. The average molecular weight is 455 g/mol. The normalized spacial score (nSPS) is 11.6. The van der Waals surface area contributed by atoms with Crippen LogP contribution < -0.4 is 20.1 Å². The van der Waals surface area contributed by atoms with Crippen molar-refractivity contribution >= 4 is 23.2 Å². The third-order valence-corrected chi connectivity index (χ3v) is 5.10. The average Bonchev–Trinajstić information content (AvgIpc) is 2.80. The molecule has 3 aromatic carbocycles. The lowest BCUT2D eigenvalue weighted by atomic mass is 10.1. The van der Waals surface area contributed by atoms with Crippen LogP contribution in [0.3, 0.4) is 0 Å². The molecule has 3 N–H and O–H groups in total. The van der Waals surface area contributed by atoms with Crippen LogP contribution in [-0.2, 0) is 11.3 Å². The van der Waals surface area contributed by atoms with Gasteiger partial charge < -0.3 is 25.2 Å². The van der Waals surface area contributed by atoms with Crippen LogP contribution in [0.15, 0.2) is 66.7 Å². The van der Waals surface area contributed by atoms with E-state index < -0.39 is 6.10 Å². The number of aliphatic hydroxyl groups is 1. The van der Waals surface area contributed by atoms with E-state index in [1.807, 2.05) is 61.5 Å². The molecule has 0 spiro atoms. The lowest BCUT2D eigenvalue weighted by molar-refractivity contribution is -0.118. The molecule has 3 aromatic rings. The van der Waals surface area contributed by atoms with Gasteiger partial charge in [-0.15, -0.1) is 0 Å². The van der Waals surface area contributed by atoms with Gasteiger partial charge in [-0.2, -0.15) is 0 Å². The van der Waals surface area contributed by atoms with Gasteiger partial charge >= 0.3 is 0 Å². The van der Waals surface area contributed by atoms with Crippen LogP contribution >= 0.6 is 11.6 Å². The fraction of sp³-hybridized carbons (Fsp3) is 0.240. The molecule has 7 heteroatoms. The highest BCUT2D eigenvalue weighted by Crippen LogP contribution is 2.36. The summed E-state index contributed by atoms with van der Waals surface area (Å²) >= 11 is 6.40. The number of methoxy groups -OCH3 is 1. The number of ether oxygens (including phenoxy) is 2. The second-order valence-electron chi connectivity index (χ2n) is 7.37. The van der Waals surface area contributed by atoms with Gasteiger partial charge in [0, 0.05) is 18.8 Å². The van der Waals surface area contributed by atoms with Crippen LogP contribution in [0.2, 0.25) is 5.02 Å². The topological polar surface area (TPSA) is 79.8 Å². The van der Waals surface area contributed by atoms with Gasteiger partial charge in [-0.05, 0) is 42.3 Å². The van der Waals surface area contributed by atoms with Crippen LogP contribution in [0.5, 0.6) is 11.5 Å². The molecule has 32 heavy (non-hydrogen) atoms. The Bertz CT molecular complexity index is 1030. The van der Waals surface area contributed by atoms with Crippen LogP contribution in [0.1, 0.15) is 22.8 Å². The van der Waals surface area contributed by atoms with Crippen molar-refractivity contribution in [3.63, 3.8) is 0 Å². The second kappa shape index (κ2) is 11.5. The lowest BCUT2D eigenvalue weighted by Crippen LogP contribution is -2.21. The predicted octanol–water partition coefficient (Wildman–Crippen LogP) is 4.50. The van der Waals surface area contributed by atoms with Gasteiger partial charge in [0.1, 0.15) is 0 Å². The zero-order valence-corrected chi connectivity index (χ0v) is 18.9. The van der Waals surface area contributed by atoms with Crippen molar-refractivity contribution in [2.75, 3.05) is 25.6 Å². The first kappa shape index (κ1) is 23.6. The summed E-state index contributed by atoms with van der Waals surface area (Å²) in [6, 6.07) is 20.5. The van der Waals surface area contributed by atoms with Crippen LogP contribution in [0.25, 0.3) is 0 Å². The Morgan fingerprint density at radius 2 is 1.81 bits per heavy atom. The second-order valence-corrected chi connectivity index (χ2v) is 7.78. The molecule has 1 atom stereocenters. The molecule has 0 saturated carbocycles. The molecule has 0 fully saturated rings. The summed E-state index contributed by atoms with van der Waals surface area (Å²) in [5.74, 6) is 0.440. The number of anilines is 1. The number of hydrogen-bond donors (Lipinski definition) is 3. The first-order chi connectivity index (χ1) is 15.5. The van der Waals surface area contributed by atoms with E-state index in [9.17, 15) is 9.90 Å². The highest BCUT2D eigenvalue weighted by Gasteiger charge is 2.15. The van der Waals surface area contributed by atoms with Crippen molar-refractivity contribution in [3.05, 3.63) is 88.4 Å². The van der Waals surface area contributed by atoms with Crippen molar-refractivity contribution in [2.45, 2.75) is 19.6 Å². The first-order valence-electron chi connectivity index (χ1n) is 10.3. The summed E-state index contributed by atoms with van der Waals surface area (Å²) in [5.41, 5.74) is 3.52. The quantitative estimate of drug-likeness (QED) is 0.420. The van der Waals surface area contributed by atoms with Crippen molar-refractivity contribution in [1.29, 1.82) is 0 Å². The van der Waals surface area contributed by atoms with E-state index >= 15 is 0 Å². The van der Waals surface area contributed by atoms with Gasteiger partial charge in [-0.25, -0.2) is 0 Å². The third-order valence-electron chi connectivity index (χ3n) is 4.82. The summed E-state index contributed by atoms with van der Waals surface area (Å²) in [5, 5.41) is 16.6. The van der Waals surface area contributed by atoms with E-state index in [-0.39, 0.29) is 12.5 Å². The van der Waals surface area contributed by atoms with Crippen molar-refractivity contribution in [2.24, 2.45) is 0 Å². The number of carbonyl (C=O) groups excluding carboxylic acids is 1. The largest absolute Gasteiger partial charge is 0.493 e. The molecule has 0 saturated heterocycles. The highest BCUT2D eigenvalue weighted by molar-refractivity contribution is 6.32. The van der Waals surface area contributed by atoms with Crippen LogP contribution in [0.4, 0.5) is 5.69 Å². The number of hydrogen-bond acceptors (Lipinski definition) is 5. The minimum Gasteiger partial charge on any atom is -0.493 e. The van der Waals surface area contributed by atoms with E-state index in [1.54, 1.807) is 12.1 Å². The molecule has 0 unspecified atom stereocenters. The van der Waals surface area contributed by atoms with Crippen molar-refractivity contribution < 1.29 is 19.4 Å². The molecule has 0 heterocycles. The maximum Gasteiger partial charge on any atom is 0.262 e. The Morgan fingerprint density at radius 3 is 2.50 bits per heavy atom. The molecule has 0 aromatic heterocycles. The number of nitrogens with one attached hydrogen (secondary N) is 2. The molecule has 1 amide bonds. The zero-order valence-electron chi connectivity index (χ0n) is 18.1. The first-order valence-corrected chi connectivity index (χ1v) is 10.6. The Labute approximate surface area is 193 Å². The maximum atomic E-state index is 12.2. The van der Waals surface area contributed by atoms with Crippen molar-refractivity contribution in [1.82, 2.24) is 5.32 Å². The summed E-state index contributed by atoms with van der Waals surface area (Å²) < 4.78 is 11.1. The monoisotopic (exact) mass is 454 g/mol. The highest BCUT2D eigenvalue weighted by atomic mass is 35.5. The summed E-state index contributed by atoms with van der Waals surface area (Å²) in [6.07, 6.45) is -0.608. The van der Waals surface area contributed by atoms with Gasteiger partial charge in [0.25, 0.3) is 5.91 Å². The predicted molar refractivity (Wildman–Crippen MR) is 126 cm³/mol. The van der Waals surface area contributed by atoms with E-state index in [1.165, 1.54) is 7.11 Å². The number of rotatable bonds is 10. The summed E-state index contributed by atoms with van der Waals surface area (Å²) in [6.45, 7) is 2.65. The standard InChI is InChI=1S/C25H27ClN2O4/c1-17-8-10-20(11-9-17)28-24(30)16-32-25-21(26)12-18(13-23(25)31-2)14-27-15-22(29)19-6-4-3-5-7-19/h3-13,22,27,29H,14-16H2,1-2H3,(H,28,30)/t22-/m1/s1. The fourth-order valence-electron chi connectivity index (χ4n) is 3.13. The molecule has 0 aliphatic heterocycles. The molecular formula is C25H27ClN2O4. The van der Waals surface area contributed by atoms with Gasteiger partial charge in [0.2, 0.25) is 0 Å². The minimum atomic E-state index is -0.608. The number of amides is 1. The molecule has 0 radical (unpaired) electrons. The van der Waals surface area contributed by atoms with Crippen molar-refractivity contribution in [3.8, 4) is 11.5 Å². The molecule has 3 rings (SSSR count).